The Morgan fingerprint density at radius 2 is 2.20 bits per heavy atom. The van der Waals surface area contributed by atoms with Gasteiger partial charge in [0.05, 0.1) is 6.33 Å². The smallest absolute Gasteiger partial charge is 0.0891 e. The van der Waals surface area contributed by atoms with Gasteiger partial charge in [-0.15, -0.1) is 11.6 Å². The molecule has 0 bridgehead atoms. The van der Waals surface area contributed by atoms with Crippen LogP contribution in [-0.2, 0) is 32.7 Å². The molecule has 0 saturated carbocycles. The van der Waals surface area contributed by atoms with Crippen molar-refractivity contribution in [2.24, 2.45) is 0 Å². The molecule has 3 nitrogen and oxygen atoms in total. The van der Waals surface area contributed by atoms with Crippen LogP contribution in [0.25, 0.3) is 5.82 Å². The van der Waals surface area contributed by atoms with Gasteiger partial charge in [-0.3, -0.25) is 0 Å². The maximum absolute atomic E-state index is 4.33. The third kappa shape index (κ3) is 2.96. The Hall–Kier alpha value is -0.536. The fourth-order valence-corrected chi connectivity index (χ4v) is 1.21. The van der Waals surface area contributed by atoms with Crippen molar-refractivity contribution < 1.29 is 32.7 Å². The summed E-state index contributed by atoms with van der Waals surface area (Å²) in [5.74, 6) is 1.33. The van der Waals surface area contributed by atoms with E-state index in [0.717, 1.165) is 11.4 Å². The summed E-state index contributed by atoms with van der Waals surface area (Å²) in [5, 5.41) is 0. The van der Waals surface area contributed by atoms with Crippen molar-refractivity contribution in [3.8, 4) is 5.82 Å². The zero-order valence-electron chi connectivity index (χ0n) is 8.88. The van der Waals surface area contributed by atoms with Gasteiger partial charge in [-0.05, 0) is 5.92 Å². The first-order valence-corrected chi connectivity index (χ1v) is 4.63. The van der Waals surface area contributed by atoms with Crippen molar-refractivity contribution in [1.29, 1.82) is 0 Å². The second-order valence-electron chi connectivity index (χ2n) is 3.49. The maximum atomic E-state index is 4.33. The summed E-state index contributed by atoms with van der Waals surface area (Å²) >= 11 is 0. The van der Waals surface area contributed by atoms with Crippen LogP contribution in [0, 0.1) is 6.07 Å². The maximum Gasteiger partial charge on any atom is 0.0891 e. The summed E-state index contributed by atoms with van der Waals surface area (Å²) in [6.07, 6.45) is 7.19. The van der Waals surface area contributed by atoms with E-state index < -0.39 is 0 Å². The molecule has 4 heteroatoms. The van der Waals surface area contributed by atoms with Crippen LogP contribution in [0.2, 0.25) is 0 Å². The van der Waals surface area contributed by atoms with Crippen molar-refractivity contribution >= 4 is 0 Å². The molecule has 0 amide bonds. The van der Waals surface area contributed by atoms with E-state index >= 15 is 0 Å². The second kappa shape index (κ2) is 5.52. The van der Waals surface area contributed by atoms with Gasteiger partial charge in [-0.1, -0.05) is 20.0 Å². The van der Waals surface area contributed by atoms with Gasteiger partial charge in [-0.2, -0.15) is 6.07 Å². The number of nitrogens with zero attached hydrogens (tertiary/aromatic N) is 3. The molecule has 1 radical (unpaired) electrons. The topological polar surface area (TPSA) is 30.7 Å². The molecular weight excluding hydrogens is 263 g/mol. The second-order valence-corrected chi connectivity index (χ2v) is 3.49. The average molecular weight is 275 g/mol. The Bertz CT molecular complexity index is 392. The van der Waals surface area contributed by atoms with Gasteiger partial charge >= 0.3 is 0 Å². The van der Waals surface area contributed by atoms with Gasteiger partial charge in [-0.25, -0.2) is 4.98 Å². The van der Waals surface area contributed by atoms with E-state index in [0.29, 0.717) is 5.92 Å². The summed E-state index contributed by atoms with van der Waals surface area (Å²) in [4.78, 5) is 8.30. The van der Waals surface area contributed by atoms with Gasteiger partial charge < -0.3 is 9.55 Å². The van der Waals surface area contributed by atoms with Gasteiger partial charge in [0.1, 0.15) is 0 Å². The van der Waals surface area contributed by atoms with E-state index in [1.165, 1.54) is 0 Å². The summed E-state index contributed by atoms with van der Waals surface area (Å²) in [6, 6.07) is 5.10. The first kappa shape index (κ1) is 12.5. The van der Waals surface area contributed by atoms with E-state index in [4.69, 9.17) is 0 Å². The first-order chi connectivity index (χ1) is 6.77. The number of aromatic nitrogens is 3. The predicted molar refractivity (Wildman–Crippen MR) is 54.3 cm³/mol. The number of pyridine rings is 1. The molecule has 2 aromatic rings. The van der Waals surface area contributed by atoms with Gasteiger partial charge in [0.15, 0.2) is 0 Å². The zero-order chi connectivity index (χ0) is 9.97. The Morgan fingerprint density at radius 1 is 1.40 bits per heavy atom. The van der Waals surface area contributed by atoms with Gasteiger partial charge in [0, 0.05) is 50.9 Å². The summed E-state index contributed by atoms with van der Waals surface area (Å²) < 4.78 is 1.86. The molecule has 0 aromatic carbocycles. The number of hydrogen-bond acceptors (Lipinski definition) is 2. The third-order valence-electron chi connectivity index (χ3n) is 2.09. The zero-order valence-corrected chi connectivity index (χ0v) is 11.7. The molecule has 0 saturated heterocycles. The quantitative estimate of drug-likeness (QED) is 0.786. The molecule has 0 aliphatic carbocycles. The average Bonchev–Trinajstić information content (AvgIpc) is 2.71. The minimum Gasteiger partial charge on any atom is -0.367 e. The van der Waals surface area contributed by atoms with Crippen molar-refractivity contribution in [3.63, 3.8) is 0 Å². The Morgan fingerprint density at radius 3 is 2.67 bits per heavy atom. The largest absolute Gasteiger partial charge is 0.367 e. The molecule has 0 spiro atoms. The minimum atomic E-state index is 0. The van der Waals surface area contributed by atoms with Crippen LogP contribution in [0.5, 0.6) is 0 Å². The molecule has 0 unspecified atom stereocenters. The predicted octanol–water partition coefficient (Wildman–Crippen LogP) is 2.19. The minimum absolute atomic E-state index is 0. The summed E-state index contributed by atoms with van der Waals surface area (Å²) in [7, 11) is 0. The molecule has 0 aliphatic rings. The van der Waals surface area contributed by atoms with E-state index in [1.807, 2.05) is 23.0 Å². The molecule has 0 fully saturated rings. The third-order valence-corrected chi connectivity index (χ3v) is 2.09. The molecule has 0 N–H and O–H groups in total. The van der Waals surface area contributed by atoms with Crippen LogP contribution in [0.4, 0.5) is 0 Å². The molecule has 75 valence electrons. The van der Waals surface area contributed by atoms with Crippen LogP contribution >= 0.6 is 0 Å². The summed E-state index contributed by atoms with van der Waals surface area (Å²) in [6.45, 7) is 4.26. The van der Waals surface area contributed by atoms with Crippen molar-refractivity contribution in [1.82, 2.24) is 14.5 Å². The van der Waals surface area contributed by atoms with Crippen LogP contribution in [0.3, 0.4) is 0 Å². The normalized spacial score (nSPS) is 10.1. The fourth-order valence-electron chi connectivity index (χ4n) is 1.21. The van der Waals surface area contributed by atoms with Crippen LogP contribution in [0.1, 0.15) is 25.3 Å². The van der Waals surface area contributed by atoms with Crippen LogP contribution in [0.15, 0.2) is 31.0 Å². The molecule has 0 aliphatic heterocycles. The Balaban J connectivity index is 0.00000112. The van der Waals surface area contributed by atoms with Crippen molar-refractivity contribution in [2.45, 2.75) is 19.8 Å². The Kier molecular flexibility index (Phi) is 4.61. The first-order valence-electron chi connectivity index (χ1n) is 4.63. The molecule has 2 rings (SSSR count). The van der Waals surface area contributed by atoms with Crippen molar-refractivity contribution in [3.05, 3.63) is 42.6 Å². The molecule has 15 heavy (non-hydrogen) atoms. The van der Waals surface area contributed by atoms with Crippen LogP contribution < -0.4 is 0 Å². The van der Waals surface area contributed by atoms with E-state index in [-0.39, 0.29) is 32.7 Å². The molecular formula is C11H12N3Y-. The van der Waals surface area contributed by atoms with Crippen molar-refractivity contribution in [2.75, 3.05) is 0 Å². The number of hydrogen-bond donors (Lipinski definition) is 0. The van der Waals surface area contributed by atoms with Gasteiger partial charge in [0.25, 0.3) is 0 Å². The van der Waals surface area contributed by atoms with E-state index in [9.17, 15) is 0 Å². The van der Waals surface area contributed by atoms with E-state index in [1.54, 1.807) is 12.5 Å². The Labute approximate surface area is 115 Å². The molecule has 0 atom stereocenters. The molecule has 2 heterocycles. The SMILES string of the molecule is CC(C)c1[c-]cc(-n2ccnc2)nc1.[Y]. The summed E-state index contributed by atoms with van der Waals surface area (Å²) in [5.41, 5.74) is 1.13. The molecule has 2 aromatic heterocycles. The van der Waals surface area contributed by atoms with E-state index in [2.05, 4.69) is 29.9 Å². The monoisotopic (exact) mass is 275 g/mol. The fraction of sp³-hybridized carbons (Fsp3) is 0.273. The number of imidazole rings is 1. The standard InChI is InChI=1S/C11H12N3.Y/c1-9(2)10-3-4-11(13-7-10)14-6-5-12-8-14;/h4-9H,1-2H3;/q-1;. The van der Waals surface area contributed by atoms with Crippen LogP contribution in [-0.4, -0.2) is 14.5 Å². The van der Waals surface area contributed by atoms with Gasteiger partial charge in [0.2, 0.25) is 0 Å². The number of rotatable bonds is 2.